The summed E-state index contributed by atoms with van der Waals surface area (Å²) >= 11 is 6.65. The van der Waals surface area contributed by atoms with Crippen molar-refractivity contribution in [3.63, 3.8) is 0 Å². The van der Waals surface area contributed by atoms with Crippen LogP contribution in [0, 0.1) is 10.8 Å². The molecule has 0 bridgehead atoms. The van der Waals surface area contributed by atoms with E-state index in [0.717, 1.165) is 44.4 Å². The molecule has 0 spiro atoms. The number of ether oxygens (including phenoxy) is 1. The third kappa shape index (κ3) is 8.57. The molecule has 13 nitrogen and oxygen atoms in total. The molecule has 3 fully saturated rings. The number of hydrogen-bond donors (Lipinski definition) is 3. The SMILES string of the molecule is CC(C)(CCNC(=N)N(C(=O)c1ccc(-c2cnn(C3CC3)n2)cc1)[C@H](COC(=O)NC1(C(F)(F)F)CC1)c1ccc(Cl)c(-c2ncnn2C2CC2)c1)C(F)(F)F. The number of rotatable bonds is 13. The fraction of sp³-hybridized carbons (Fsp3) is 0.486. The van der Waals surface area contributed by atoms with Crippen LogP contribution in [0.3, 0.4) is 0 Å². The van der Waals surface area contributed by atoms with E-state index < -0.39 is 66.9 Å². The van der Waals surface area contributed by atoms with E-state index >= 15 is 0 Å². The van der Waals surface area contributed by atoms with Crippen LogP contribution in [0.15, 0.2) is 55.0 Å². The number of aromatic nitrogens is 6. The third-order valence-corrected chi connectivity index (χ3v) is 10.8. The highest BCUT2D eigenvalue weighted by atomic mass is 35.5. The smallest absolute Gasteiger partial charge is 0.411 e. The minimum absolute atomic E-state index is 0.0293. The number of alkyl halides is 6. The predicted octanol–water partition coefficient (Wildman–Crippen LogP) is 8.03. The quantitative estimate of drug-likeness (QED) is 0.0696. The average Bonchev–Trinajstić information content (AvgIpc) is 4.11. The lowest BCUT2D eigenvalue weighted by molar-refractivity contribution is -0.213. The Hall–Kier alpha value is -5.20. The molecule has 3 aliphatic rings. The van der Waals surface area contributed by atoms with Crippen molar-refractivity contribution in [1.82, 2.24) is 45.3 Å². The van der Waals surface area contributed by atoms with Crippen molar-refractivity contribution < 1.29 is 40.7 Å². The van der Waals surface area contributed by atoms with Gasteiger partial charge in [-0.1, -0.05) is 43.6 Å². The Morgan fingerprint density at radius 3 is 2.32 bits per heavy atom. The molecule has 1 atom stereocenters. The van der Waals surface area contributed by atoms with Crippen LogP contribution in [-0.2, 0) is 4.74 Å². The van der Waals surface area contributed by atoms with Gasteiger partial charge in [0.15, 0.2) is 11.8 Å². The van der Waals surface area contributed by atoms with E-state index in [0.29, 0.717) is 22.6 Å². The molecular formula is C37H39ClF6N10O3. The van der Waals surface area contributed by atoms with Crippen molar-refractivity contribution in [2.24, 2.45) is 5.41 Å². The summed E-state index contributed by atoms with van der Waals surface area (Å²) in [6, 6.07) is 9.57. The molecule has 7 rings (SSSR count). The van der Waals surface area contributed by atoms with Gasteiger partial charge in [0.05, 0.1) is 34.8 Å². The van der Waals surface area contributed by atoms with Gasteiger partial charge in [0, 0.05) is 23.2 Å². The highest BCUT2D eigenvalue weighted by molar-refractivity contribution is 6.33. The number of guanidine groups is 1. The molecule has 2 aromatic heterocycles. The maximum atomic E-state index is 14.6. The Balaban J connectivity index is 1.24. The molecule has 3 N–H and O–H groups in total. The van der Waals surface area contributed by atoms with Gasteiger partial charge in [-0.2, -0.15) is 46.4 Å². The summed E-state index contributed by atoms with van der Waals surface area (Å²) in [5.41, 5.74) is -2.82. The minimum Gasteiger partial charge on any atom is -0.447 e. The number of carbonyl (C=O) groups excluding carboxylic acids is 2. The standard InChI is InChI=1S/C37H39ClF6N10O3/c1-34(2,36(39,40)41)15-16-46-32(45)52(31(55)22-5-3-21(4-6-22)28-18-48-54(51-28)25-10-11-25)29(19-57-33(56)50-35(13-14-35)37(42,43)44)23-7-12-27(38)26(17-23)30-47-20-49-53(30)24-8-9-24/h3-7,12,17-18,20,24-25,29H,8-11,13-16,19H2,1-2H3,(H2,45,46)(H,50,56)/t29-/m1/s1. The summed E-state index contributed by atoms with van der Waals surface area (Å²) in [5, 5.41) is 26.9. The maximum Gasteiger partial charge on any atom is 0.411 e. The Morgan fingerprint density at radius 1 is 1.02 bits per heavy atom. The van der Waals surface area contributed by atoms with Gasteiger partial charge in [0.2, 0.25) is 0 Å². The molecule has 57 heavy (non-hydrogen) atoms. The maximum absolute atomic E-state index is 14.6. The molecule has 3 saturated carbocycles. The average molecular weight is 821 g/mol. The van der Waals surface area contributed by atoms with Gasteiger partial charge in [-0.15, -0.1) is 0 Å². The van der Waals surface area contributed by atoms with Gasteiger partial charge in [0.25, 0.3) is 5.91 Å². The lowest BCUT2D eigenvalue weighted by Crippen LogP contribution is -2.50. The van der Waals surface area contributed by atoms with Crippen LogP contribution in [0.4, 0.5) is 31.1 Å². The second-order valence-electron chi connectivity index (χ2n) is 15.3. The summed E-state index contributed by atoms with van der Waals surface area (Å²) in [4.78, 5) is 34.5. The van der Waals surface area contributed by atoms with Gasteiger partial charge in [0.1, 0.15) is 24.2 Å². The number of alkyl carbamates (subject to hydrolysis) is 1. The first-order valence-electron chi connectivity index (χ1n) is 18.3. The van der Waals surface area contributed by atoms with Crippen molar-refractivity contribution in [3.05, 3.63) is 71.1 Å². The van der Waals surface area contributed by atoms with Crippen molar-refractivity contribution in [3.8, 4) is 22.6 Å². The molecule has 0 saturated heterocycles. The lowest BCUT2D eigenvalue weighted by atomic mass is 9.88. The zero-order valence-corrected chi connectivity index (χ0v) is 31.5. The van der Waals surface area contributed by atoms with Crippen molar-refractivity contribution in [2.45, 2.75) is 94.8 Å². The van der Waals surface area contributed by atoms with E-state index in [9.17, 15) is 35.9 Å². The molecule has 2 amide bonds. The fourth-order valence-corrected chi connectivity index (χ4v) is 6.39. The topological polar surface area (TPSA) is 156 Å². The van der Waals surface area contributed by atoms with Gasteiger partial charge in [-0.3, -0.25) is 15.1 Å². The van der Waals surface area contributed by atoms with Crippen LogP contribution in [0.25, 0.3) is 22.6 Å². The van der Waals surface area contributed by atoms with E-state index in [1.54, 1.807) is 33.9 Å². The van der Waals surface area contributed by atoms with Crippen LogP contribution in [-0.4, -0.2) is 83.7 Å². The Bertz CT molecular complexity index is 2140. The summed E-state index contributed by atoms with van der Waals surface area (Å²) in [6.45, 7) is 0.834. The Labute approximate surface area is 327 Å². The zero-order chi connectivity index (χ0) is 40.9. The van der Waals surface area contributed by atoms with Gasteiger partial charge in [-0.25, -0.2) is 14.5 Å². The van der Waals surface area contributed by atoms with Crippen molar-refractivity contribution in [2.75, 3.05) is 13.2 Å². The summed E-state index contributed by atoms with van der Waals surface area (Å²) in [7, 11) is 0. The van der Waals surface area contributed by atoms with Gasteiger partial charge < -0.3 is 15.4 Å². The molecule has 20 heteroatoms. The highest BCUT2D eigenvalue weighted by Crippen LogP contribution is 2.49. The summed E-state index contributed by atoms with van der Waals surface area (Å²) < 4.78 is 89.6. The summed E-state index contributed by atoms with van der Waals surface area (Å²) in [5.74, 6) is -1.11. The minimum atomic E-state index is -4.75. The molecule has 0 unspecified atom stereocenters. The van der Waals surface area contributed by atoms with E-state index in [2.05, 4.69) is 25.6 Å². The van der Waals surface area contributed by atoms with E-state index in [-0.39, 0.29) is 41.1 Å². The van der Waals surface area contributed by atoms with E-state index in [4.69, 9.17) is 21.7 Å². The molecule has 4 aromatic rings. The lowest BCUT2D eigenvalue weighted by Gasteiger charge is -2.34. The number of nitrogens with zero attached hydrogens (tertiary/aromatic N) is 7. The van der Waals surface area contributed by atoms with Crippen LogP contribution in [0.1, 0.15) is 92.8 Å². The second-order valence-corrected chi connectivity index (χ2v) is 15.7. The fourth-order valence-electron chi connectivity index (χ4n) is 6.19. The molecule has 0 aliphatic heterocycles. The first-order chi connectivity index (χ1) is 26.9. The molecule has 2 heterocycles. The third-order valence-electron chi connectivity index (χ3n) is 10.5. The summed E-state index contributed by atoms with van der Waals surface area (Å²) in [6.07, 6.45) is -5.33. The number of halogens is 7. The number of amides is 2. The Morgan fingerprint density at radius 2 is 1.70 bits per heavy atom. The van der Waals surface area contributed by atoms with Crippen LogP contribution in [0.2, 0.25) is 5.02 Å². The van der Waals surface area contributed by atoms with E-state index in [1.165, 1.54) is 30.6 Å². The Kier molecular flexibility index (Phi) is 10.5. The van der Waals surface area contributed by atoms with Crippen molar-refractivity contribution in [1.29, 1.82) is 5.41 Å². The molecular weight excluding hydrogens is 782 g/mol. The van der Waals surface area contributed by atoms with Gasteiger partial charge >= 0.3 is 18.4 Å². The van der Waals surface area contributed by atoms with Crippen LogP contribution >= 0.6 is 11.6 Å². The molecule has 304 valence electrons. The van der Waals surface area contributed by atoms with Crippen LogP contribution < -0.4 is 10.6 Å². The number of carbonyl (C=O) groups is 2. The normalized spacial score (nSPS) is 17.1. The van der Waals surface area contributed by atoms with E-state index in [1.807, 2.05) is 5.32 Å². The monoisotopic (exact) mass is 820 g/mol. The molecule has 2 aromatic carbocycles. The largest absolute Gasteiger partial charge is 0.447 e. The van der Waals surface area contributed by atoms with Gasteiger partial charge in [-0.05, 0) is 74.8 Å². The molecule has 3 aliphatic carbocycles. The zero-order valence-electron chi connectivity index (χ0n) is 30.8. The number of nitrogens with one attached hydrogen (secondary N) is 3. The van der Waals surface area contributed by atoms with Crippen molar-refractivity contribution >= 4 is 29.6 Å². The number of hydrogen-bond acceptors (Lipinski definition) is 8. The first-order valence-corrected chi connectivity index (χ1v) is 18.7. The first kappa shape index (κ1) is 40.0. The highest BCUT2D eigenvalue weighted by Gasteiger charge is 2.64. The number of benzene rings is 2. The second kappa shape index (κ2) is 14.9. The molecule has 0 radical (unpaired) electrons. The van der Waals surface area contributed by atoms with Crippen LogP contribution in [0.5, 0.6) is 0 Å². The predicted molar refractivity (Wildman–Crippen MR) is 194 cm³/mol.